The van der Waals surface area contributed by atoms with E-state index in [0.29, 0.717) is 13.1 Å². The minimum absolute atomic E-state index is 0.0408. The van der Waals surface area contributed by atoms with Gasteiger partial charge >= 0.3 is 6.03 Å². The Morgan fingerprint density at radius 1 is 1.36 bits per heavy atom. The van der Waals surface area contributed by atoms with Crippen LogP contribution >= 0.6 is 0 Å². The zero-order valence-electron chi connectivity index (χ0n) is 15.1. The summed E-state index contributed by atoms with van der Waals surface area (Å²) in [5.74, 6) is -0.210. The molecule has 0 aliphatic carbocycles. The maximum Gasteiger partial charge on any atom is 0.322 e. The van der Waals surface area contributed by atoms with Gasteiger partial charge in [-0.15, -0.1) is 0 Å². The molecule has 3 rings (SSSR count). The molecular formula is C19H27N3O3. The highest BCUT2D eigenvalue weighted by Gasteiger charge is 2.48. The lowest BCUT2D eigenvalue weighted by molar-refractivity contribution is -0.126. The molecule has 2 saturated heterocycles. The monoisotopic (exact) mass is 345 g/mol. The fourth-order valence-electron chi connectivity index (χ4n) is 4.08. The first-order chi connectivity index (χ1) is 11.8. The third-order valence-electron chi connectivity index (χ3n) is 5.61. The Hall–Kier alpha value is -1.92. The zero-order chi connectivity index (χ0) is 18.2. The van der Waals surface area contributed by atoms with E-state index in [0.717, 1.165) is 30.5 Å². The predicted octanol–water partition coefficient (Wildman–Crippen LogP) is 1.65. The number of aliphatic hydroxyl groups is 1. The molecule has 2 heterocycles. The number of carbonyl (C=O) groups excluding carboxylic acids is 2. The minimum Gasteiger partial charge on any atom is -0.387 e. The van der Waals surface area contributed by atoms with E-state index in [4.69, 9.17) is 0 Å². The van der Waals surface area contributed by atoms with E-state index in [1.807, 2.05) is 26.0 Å². The SMILES string of the molecule is Cc1ccc([C@H](O)CN2CCC[C@@H]([C@@]3(C)NC(=O)NC3=O)C2)c(C)c1. The summed E-state index contributed by atoms with van der Waals surface area (Å²) in [5, 5.41) is 15.8. The standard InChI is InChI=1S/C19H27N3O3/c1-12-6-7-15(13(2)9-12)16(23)11-22-8-4-5-14(10-22)19(3)17(24)20-18(25)21-19/h6-7,9,14,16,23H,4-5,8,10-11H2,1-3H3,(H2,20,21,24,25)/t14-,16-,19-/m1/s1. The van der Waals surface area contributed by atoms with Gasteiger partial charge in [0, 0.05) is 19.0 Å². The molecule has 3 N–H and O–H groups in total. The molecule has 25 heavy (non-hydrogen) atoms. The van der Waals surface area contributed by atoms with Crippen LogP contribution in [0.25, 0.3) is 0 Å². The van der Waals surface area contributed by atoms with Gasteiger partial charge in [0.05, 0.1) is 6.10 Å². The van der Waals surface area contributed by atoms with Crippen LogP contribution in [0.4, 0.5) is 4.79 Å². The van der Waals surface area contributed by atoms with Gasteiger partial charge in [0.2, 0.25) is 0 Å². The van der Waals surface area contributed by atoms with Gasteiger partial charge in [0.15, 0.2) is 0 Å². The molecule has 2 fully saturated rings. The van der Waals surface area contributed by atoms with Crippen molar-refractivity contribution in [2.75, 3.05) is 19.6 Å². The van der Waals surface area contributed by atoms with Crippen molar-refractivity contribution in [1.82, 2.24) is 15.5 Å². The lowest BCUT2D eigenvalue weighted by Crippen LogP contribution is -2.56. The summed E-state index contributed by atoms with van der Waals surface area (Å²) in [7, 11) is 0. The van der Waals surface area contributed by atoms with Crippen LogP contribution < -0.4 is 10.6 Å². The fraction of sp³-hybridized carbons (Fsp3) is 0.579. The van der Waals surface area contributed by atoms with Gasteiger partial charge in [-0.25, -0.2) is 4.79 Å². The highest BCUT2D eigenvalue weighted by atomic mass is 16.3. The Morgan fingerprint density at radius 2 is 2.12 bits per heavy atom. The van der Waals surface area contributed by atoms with Crippen LogP contribution in [0.3, 0.4) is 0 Å². The Kier molecular flexibility index (Phi) is 4.84. The van der Waals surface area contributed by atoms with Gasteiger partial charge in [0.1, 0.15) is 5.54 Å². The Labute approximate surface area is 148 Å². The normalized spacial score (nSPS) is 28.6. The number of piperidine rings is 1. The van der Waals surface area contributed by atoms with Crippen molar-refractivity contribution in [3.63, 3.8) is 0 Å². The average Bonchev–Trinajstić information content (AvgIpc) is 2.81. The Morgan fingerprint density at radius 3 is 2.76 bits per heavy atom. The maximum atomic E-state index is 12.2. The second kappa shape index (κ2) is 6.77. The average molecular weight is 345 g/mol. The molecule has 0 spiro atoms. The number of hydrogen-bond acceptors (Lipinski definition) is 4. The van der Waals surface area contributed by atoms with Gasteiger partial charge < -0.3 is 15.3 Å². The van der Waals surface area contributed by atoms with Crippen LogP contribution in [0.5, 0.6) is 0 Å². The van der Waals surface area contributed by atoms with Gasteiger partial charge in [-0.1, -0.05) is 23.8 Å². The predicted molar refractivity (Wildman–Crippen MR) is 95.1 cm³/mol. The van der Waals surface area contributed by atoms with Crippen LogP contribution in [-0.4, -0.2) is 47.1 Å². The van der Waals surface area contributed by atoms with Crippen molar-refractivity contribution in [2.45, 2.75) is 45.3 Å². The molecule has 0 radical (unpaired) electrons. The first-order valence-corrected chi connectivity index (χ1v) is 8.91. The number of nitrogens with one attached hydrogen (secondary N) is 2. The van der Waals surface area contributed by atoms with E-state index in [1.165, 1.54) is 5.56 Å². The molecule has 6 nitrogen and oxygen atoms in total. The molecule has 0 saturated carbocycles. The smallest absolute Gasteiger partial charge is 0.322 e. The van der Waals surface area contributed by atoms with Crippen molar-refractivity contribution in [1.29, 1.82) is 0 Å². The van der Waals surface area contributed by atoms with Gasteiger partial charge in [0.25, 0.3) is 5.91 Å². The molecule has 136 valence electrons. The second-order valence-electron chi connectivity index (χ2n) is 7.59. The summed E-state index contributed by atoms with van der Waals surface area (Å²) in [6, 6.07) is 5.67. The maximum absolute atomic E-state index is 12.2. The summed E-state index contributed by atoms with van der Waals surface area (Å²) in [5.41, 5.74) is 2.37. The molecular weight excluding hydrogens is 318 g/mol. The third kappa shape index (κ3) is 3.55. The van der Waals surface area contributed by atoms with Crippen molar-refractivity contribution in [3.8, 4) is 0 Å². The van der Waals surface area contributed by atoms with Crippen molar-refractivity contribution < 1.29 is 14.7 Å². The number of likely N-dealkylation sites (tertiary alicyclic amines) is 1. The van der Waals surface area contributed by atoms with Crippen LogP contribution in [0.2, 0.25) is 0 Å². The summed E-state index contributed by atoms with van der Waals surface area (Å²) < 4.78 is 0. The van der Waals surface area contributed by atoms with E-state index in [9.17, 15) is 14.7 Å². The van der Waals surface area contributed by atoms with Crippen LogP contribution in [0.15, 0.2) is 18.2 Å². The number of carbonyl (C=O) groups is 2. The fourth-order valence-corrected chi connectivity index (χ4v) is 4.08. The first kappa shape index (κ1) is 17.9. The molecule has 0 unspecified atom stereocenters. The highest BCUT2D eigenvalue weighted by Crippen LogP contribution is 2.31. The Bertz CT molecular complexity index is 690. The molecule has 2 aliphatic heterocycles. The lowest BCUT2D eigenvalue weighted by Gasteiger charge is -2.40. The molecule has 1 aromatic rings. The summed E-state index contributed by atoms with van der Waals surface area (Å²) in [4.78, 5) is 25.9. The number of imide groups is 1. The third-order valence-corrected chi connectivity index (χ3v) is 5.61. The number of amides is 3. The quantitative estimate of drug-likeness (QED) is 0.725. The molecule has 0 aromatic heterocycles. The molecule has 1 aromatic carbocycles. The van der Waals surface area contributed by atoms with Crippen LogP contribution in [0.1, 0.15) is 42.6 Å². The number of aryl methyl sites for hydroxylation is 2. The van der Waals surface area contributed by atoms with Gasteiger partial charge in [-0.3, -0.25) is 10.1 Å². The van der Waals surface area contributed by atoms with Crippen LogP contribution in [0, 0.1) is 19.8 Å². The number of urea groups is 1. The Balaban J connectivity index is 1.67. The van der Waals surface area contributed by atoms with Gasteiger partial charge in [-0.05, 0) is 51.3 Å². The number of rotatable bonds is 4. The van der Waals surface area contributed by atoms with Gasteiger partial charge in [-0.2, -0.15) is 0 Å². The zero-order valence-corrected chi connectivity index (χ0v) is 15.1. The first-order valence-electron chi connectivity index (χ1n) is 8.91. The minimum atomic E-state index is -0.861. The van der Waals surface area contributed by atoms with E-state index < -0.39 is 17.7 Å². The van der Waals surface area contributed by atoms with Crippen molar-refractivity contribution in [2.24, 2.45) is 5.92 Å². The molecule has 2 aliphatic rings. The van der Waals surface area contributed by atoms with E-state index in [2.05, 4.69) is 21.6 Å². The number of hydrogen-bond donors (Lipinski definition) is 3. The topological polar surface area (TPSA) is 81.7 Å². The number of nitrogens with zero attached hydrogens (tertiary/aromatic N) is 1. The molecule has 6 heteroatoms. The van der Waals surface area contributed by atoms with Crippen LogP contribution in [-0.2, 0) is 4.79 Å². The molecule has 3 atom stereocenters. The number of benzene rings is 1. The summed E-state index contributed by atoms with van der Waals surface area (Å²) >= 11 is 0. The van der Waals surface area contributed by atoms with E-state index in [-0.39, 0.29) is 11.8 Å². The summed E-state index contributed by atoms with van der Waals surface area (Å²) in [6.45, 7) is 7.97. The number of β-amino-alcohol motifs (C(OH)–C–C–N with tert-alkyl or cyclic N) is 1. The molecule has 3 amide bonds. The van der Waals surface area contributed by atoms with E-state index in [1.54, 1.807) is 6.92 Å². The lowest BCUT2D eigenvalue weighted by atomic mass is 9.80. The van der Waals surface area contributed by atoms with Crippen molar-refractivity contribution >= 4 is 11.9 Å². The molecule has 0 bridgehead atoms. The summed E-state index contributed by atoms with van der Waals surface area (Å²) in [6.07, 6.45) is 1.28. The largest absolute Gasteiger partial charge is 0.387 e. The number of aliphatic hydroxyl groups excluding tert-OH is 1. The van der Waals surface area contributed by atoms with Crippen molar-refractivity contribution in [3.05, 3.63) is 34.9 Å². The van der Waals surface area contributed by atoms with E-state index >= 15 is 0 Å². The highest BCUT2D eigenvalue weighted by molar-refractivity contribution is 6.06. The second-order valence-corrected chi connectivity index (χ2v) is 7.59.